The zero-order chi connectivity index (χ0) is 19.3. The molecule has 0 saturated heterocycles. The first-order chi connectivity index (χ1) is 12.3. The van der Waals surface area contributed by atoms with Crippen LogP contribution in [-0.4, -0.2) is 23.4 Å². The van der Waals surface area contributed by atoms with E-state index in [9.17, 15) is 24.1 Å². The van der Waals surface area contributed by atoms with Gasteiger partial charge in [-0.1, -0.05) is 17.7 Å². The highest BCUT2D eigenvalue weighted by atomic mass is 35.5. The van der Waals surface area contributed by atoms with Crippen molar-refractivity contribution in [2.75, 3.05) is 11.9 Å². The van der Waals surface area contributed by atoms with E-state index in [0.29, 0.717) is 11.3 Å². The molecule has 136 valence electrons. The van der Waals surface area contributed by atoms with Crippen molar-refractivity contribution in [1.29, 1.82) is 0 Å². The summed E-state index contributed by atoms with van der Waals surface area (Å²) in [6.45, 7) is 1.01. The lowest BCUT2D eigenvalue weighted by Gasteiger charge is -2.09. The number of non-ortho nitro benzene ring substituents is 1. The summed E-state index contributed by atoms with van der Waals surface area (Å²) in [6.07, 6.45) is -0.407. The van der Waals surface area contributed by atoms with Crippen LogP contribution < -0.4 is 5.32 Å². The molecule has 2 aromatic rings. The Morgan fingerprint density at radius 1 is 1.31 bits per heavy atom. The number of aryl methyl sites for hydroxylation is 1. The van der Waals surface area contributed by atoms with Crippen LogP contribution in [0, 0.1) is 22.9 Å². The highest BCUT2D eigenvalue weighted by molar-refractivity contribution is 6.31. The van der Waals surface area contributed by atoms with E-state index in [1.807, 2.05) is 0 Å². The smallest absolute Gasteiger partial charge is 0.310 e. The highest BCUT2D eigenvalue weighted by Crippen LogP contribution is 2.21. The quantitative estimate of drug-likeness (QED) is 0.470. The maximum atomic E-state index is 13.6. The number of halogens is 2. The van der Waals surface area contributed by atoms with Crippen molar-refractivity contribution in [3.63, 3.8) is 0 Å². The van der Waals surface area contributed by atoms with Gasteiger partial charge in [0.25, 0.3) is 11.6 Å². The average Bonchev–Trinajstić information content (AvgIpc) is 2.58. The monoisotopic (exact) mass is 380 g/mol. The van der Waals surface area contributed by atoms with E-state index < -0.39 is 35.6 Å². The van der Waals surface area contributed by atoms with Crippen molar-refractivity contribution in [2.45, 2.75) is 13.3 Å². The van der Waals surface area contributed by atoms with E-state index in [-0.39, 0.29) is 16.3 Å². The molecular formula is C17H14ClFN2O5. The third kappa shape index (κ3) is 5.00. The van der Waals surface area contributed by atoms with E-state index in [1.54, 1.807) is 6.92 Å². The van der Waals surface area contributed by atoms with Gasteiger partial charge in [0.15, 0.2) is 6.61 Å². The van der Waals surface area contributed by atoms with Gasteiger partial charge in [0.2, 0.25) is 0 Å². The summed E-state index contributed by atoms with van der Waals surface area (Å²) < 4.78 is 18.4. The molecule has 0 spiro atoms. The maximum absolute atomic E-state index is 13.6. The SMILES string of the molecule is Cc1cc([N+](=O)[O-])ccc1NC(=O)COC(=O)Cc1c(F)cccc1Cl. The molecule has 7 nitrogen and oxygen atoms in total. The van der Waals surface area contributed by atoms with Gasteiger partial charge in [0.05, 0.1) is 11.3 Å². The lowest BCUT2D eigenvalue weighted by Crippen LogP contribution is -2.22. The number of ether oxygens (including phenoxy) is 1. The summed E-state index contributed by atoms with van der Waals surface area (Å²) in [5.74, 6) is -2.08. The second-order valence-corrected chi connectivity index (χ2v) is 5.75. The summed E-state index contributed by atoms with van der Waals surface area (Å²) in [5, 5.41) is 13.3. The van der Waals surface area contributed by atoms with Crippen molar-refractivity contribution in [3.8, 4) is 0 Å². The Morgan fingerprint density at radius 3 is 2.65 bits per heavy atom. The zero-order valence-electron chi connectivity index (χ0n) is 13.6. The fraction of sp³-hybridized carbons (Fsp3) is 0.176. The molecule has 0 fully saturated rings. The Hall–Kier alpha value is -3.00. The first-order valence-electron chi connectivity index (χ1n) is 7.41. The van der Waals surface area contributed by atoms with Crippen LogP contribution in [0.4, 0.5) is 15.8 Å². The van der Waals surface area contributed by atoms with Crippen molar-refractivity contribution in [1.82, 2.24) is 0 Å². The minimum atomic E-state index is -0.812. The summed E-state index contributed by atoms with van der Waals surface area (Å²) in [7, 11) is 0. The molecule has 26 heavy (non-hydrogen) atoms. The number of nitro groups is 1. The van der Waals surface area contributed by atoms with Gasteiger partial charge >= 0.3 is 5.97 Å². The van der Waals surface area contributed by atoms with Gasteiger partial charge in [-0.15, -0.1) is 0 Å². The third-order valence-corrected chi connectivity index (χ3v) is 3.80. The number of anilines is 1. The molecule has 0 heterocycles. The number of hydrogen-bond acceptors (Lipinski definition) is 5. The molecule has 2 rings (SSSR count). The Labute approximate surface area is 152 Å². The second-order valence-electron chi connectivity index (χ2n) is 5.34. The van der Waals surface area contributed by atoms with E-state index in [0.717, 1.165) is 0 Å². The lowest BCUT2D eigenvalue weighted by atomic mass is 10.1. The van der Waals surface area contributed by atoms with Gasteiger partial charge in [-0.05, 0) is 30.7 Å². The van der Waals surface area contributed by atoms with Crippen molar-refractivity contribution < 1.29 is 23.6 Å². The molecular weight excluding hydrogens is 367 g/mol. The number of nitrogens with one attached hydrogen (secondary N) is 1. The molecule has 1 amide bonds. The molecule has 0 atom stereocenters. The van der Waals surface area contributed by atoms with Crippen LogP contribution in [0.3, 0.4) is 0 Å². The molecule has 1 N–H and O–H groups in total. The first kappa shape index (κ1) is 19.3. The van der Waals surface area contributed by atoms with Gasteiger partial charge < -0.3 is 10.1 Å². The van der Waals surface area contributed by atoms with Crippen LogP contribution in [0.2, 0.25) is 5.02 Å². The minimum Gasteiger partial charge on any atom is -0.455 e. The van der Waals surface area contributed by atoms with Crippen molar-refractivity contribution in [3.05, 3.63) is 68.5 Å². The third-order valence-electron chi connectivity index (χ3n) is 3.44. The fourth-order valence-corrected chi connectivity index (χ4v) is 2.36. The number of rotatable bonds is 6. The Balaban J connectivity index is 1.90. The van der Waals surface area contributed by atoms with Gasteiger partial charge in [0, 0.05) is 28.4 Å². The highest BCUT2D eigenvalue weighted by Gasteiger charge is 2.15. The van der Waals surface area contributed by atoms with Crippen LogP contribution in [0.5, 0.6) is 0 Å². The zero-order valence-corrected chi connectivity index (χ0v) is 14.4. The summed E-state index contributed by atoms with van der Waals surface area (Å²) in [4.78, 5) is 33.7. The largest absolute Gasteiger partial charge is 0.455 e. The minimum absolute atomic E-state index is 0.00853. The number of nitrogens with zero attached hydrogens (tertiary/aromatic N) is 1. The topological polar surface area (TPSA) is 98.5 Å². The Bertz CT molecular complexity index is 852. The molecule has 0 saturated carbocycles. The molecule has 0 radical (unpaired) electrons. The Kier molecular flexibility index (Phi) is 6.24. The molecule has 9 heteroatoms. The molecule has 0 aromatic heterocycles. The Morgan fingerprint density at radius 2 is 2.04 bits per heavy atom. The second kappa shape index (κ2) is 8.39. The van der Waals surface area contributed by atoms with Crippen LogP contribution in [0.15, 0.2) is 36.4 Å². The van der Waals surface area contributed by atoms with E-state index in [1.165, 1.54) is 36.4 Å². The lowest BCUT2D eigenvalue weighted by molar-refractivity contribution is -0.384. The van der Waals surface area contributed by atoms with E-state index in [4.69, 9.17) is 16.3 Å². The molecule has 0 unspecified atom stereocenters. The van der Waals surface area contributed by atoms with Gasteiger partial charge in [-0.25, -0.2) is 4.39 Å². The normalized spacial score (nSPS) is 10.3. The average molecular weight is 381 g/mol. The number of benzene rings is 2. The molecule has 0 bridgehead atoms. The van der Waals surface area contributed by atoms with E-state index >= 15 is 0 Å². The van der Waals surface area contributed by atoms with Crippen LogP contribution in [-0.2, 0) is 20.7 Å². The molecule has 0 aliphatic rings. The predicted molar refractivity (Wildman–Crippen MR) is 92.5 cm³/mol. The summed E-state index contributed by atoms with van der Waals surface area (Å²) in [5.41, 5.74) is 0.727. The first-order valence-corrected chi connectivity index (χ1v) is 7.79. The fourth-order valence-electron chi connectivity index (χ4n) is 2.13. The summed E-state index contributed by atoms with van der Waals surface area (Å²) >= 11 is 5.82. The molecule has 2 aromatic carbocycles. The molecule has 0 aliphatic carbocycles. The van der Waals surface area contributed by atoms with E-state index in [2.05, 4.69) is 5.32 Å². The summed E-state index contributed by atoms with van der Waals surface area (Å²) in [6, 6.07) is 7.95. The van der Waals surface area contributed by atoms with Crippen molar-refractivity contribution in [2.24, 2.45) is 0 Å². The molecule has 0 aliphatic heterocycles. The van der Waals surface area contributed by atoms with Gasteiger partial charge in [0.1, 0.15) is 5.82 Å². The van der Waals surface area contributed by atoms with Crippen molar-refractivity contribution >= 4 is 34.9 Å². The van der Waals surface area contributed by atoms with Gasteiger partial charge in [-0.2, -0.15) is 0 Å². The number of esters is 1. The number of carbonyl (C=O) groups excluding carboxylic acids is 2. The number of carbonyl (C=O) groups is 2. The van der Waals surface area contributed by atoms with Crippen LogP contribution in [0.1, 0.15) is 11.1 Å². The maximum Gasteiger partial charge on any atom is 0.310 e. The van der Waals surface area contributed by atoms with Crippen LogP contribution in [0.25, 0.3) is 0 Å². The predicted octanol–water partition coefficient (Wildman–Crippen LogP) is 3.42. The standard InChI is InChI=1S/C17H14ClFN2O5/c1-10-7-11(21(24)25)5-6-15(10)20-16(22)9-26-17(23)8-12-13(18)3-2-4-14(12)19/h2-7H,8-9H2,1H3,(H,20,22). The number of hydrogen-bond donors (Lipinski definition) is 1. The number of amides is 1. The van der Waals surface area contributed by atoms with Crippen LogP contribution >= 0.6 is 11.6 Å². The number of nitro benzene ring substituents is 1. The van der Waals surface area contributed by atoms with Gasteiger partial charge in [-0.3, -0.25) is 19.7 Å².